The lowest BCUT2D eigenvalue weighted by molar-refractivity contribution is 0.0268. The van der Waals surface area contributed by atoms with Crippen LogP contribution in [-0.4, -0.2) is 45.7 Å². The van der Waals surface area contributed by atoms with E-state index in [1.165, 1.54) is 10.8 Å². The Morgan fingerprint density at radius 2 is 2.17 bits per heavy atom. The van der Waals surface area contributed by atoms with E-state index in [1.54, 1.807) is 6.92 Å². The first-order chi connectivity index (χ1) is 8.58. The number of aliphatic hydroxyl groups is 2. The lowest BCUT2D eigenvalue weighted by Gasteiger charge is -2.21. The van der Waals surface area contributed by atoms with E-state index in [2.05, 4.69) is 4.98 Å². The van der Waals surface area contributed by atoms with Crippen LogP contribution in [0.25, 0.3) is 0 Å². The van der Waals surface area contributed by atoms with Crippen LogP contribution in [0.4, 0.5) is 0 Å². The summed E-state index contributed by atoms with van der Waals surface area (Å²) in [5, 5.41) is 18.5. The molecule has 100 valence electrons. The van der Waals surface area contributed by atoms with Gasteiger partial charge in [-0.25, -0.2) is 4.79 Å². The van der Waals surface area contributed by atoms with E-state index in [4.69, 9.17) is 9.84 Å². The van der Waals surface area contributed by atoms with Gasteiger partial charge in [-0.05, 0) is 6.92 Å². The molecule has 1 aromatic rings. The number of aromatic nitrogens is 2. The van der Waals surface area contributed by atoms with Crippen LogP contribution in [0.15, 0.2) is 15.8 Å². The molecule has 3 atom stereocenters. The molecule has 3 unspecified atom stereocenters. The Kier molecular flexibility index (Phi) is 3.65. The van der Waals surface area contributed by atoms with Crippen molar-refractivity contribution in [3.63, 3.8) is 0 Å². The highest BCUT2D eigenvalue weighted by Gasteiger charge is 2.38. The van der Waals surface area contributed by atoms with Crippen LogP contribution in [-0.2, 0) is 4.74 Å². The fraction of sp³-hybridized carbons (Fsp3) is 0.636. The predicted octanol–water partition coefficient (Wildman–Crippen LogP) is -1.61. The average molecular weight is 256 g/mol. The summed E-state index contributed by atoms with van der Waals surface area (Å²) in [6, 6.07) is -0.379. The molecule has 0 radical (unpaired) electrons. The Balaban J connectivity index is 2.40. The summed E-state index contributed by atoms with van der Waals surface area (Å²) in [4.78, 5) is 25.2. The highest BCUT2D eigenvalue weighted by atomic mass is 16.5. The molecule has 1 aromatic heterocycles. The summed E-state index contributed by atoms with van der Waals surface area (Å²) in [5.41, 5.74) is -0.538. The normalized spacial score (nSPS) is 27.6. The standard InChI is InChI=1S/C11H16N2O5/c1-6-2-13(11(17)12-10(6)16)8-5-18-9(4-15)7(8)3-14/h2,7-9,14-15H,3-5H2,1H3,(H,12,16,17). The van der Waals surface area contributed by atoms with Crippen LogP contribution in [0.3, 0.4) is 0 Å². The van der Waals surface area contributed by atoms with Gasteiger partial charge in [-0.3, -0.25) is 14.3 Å². The molecule has 1 aliphatic heterocycles. The Bertz CT molecular complexity index is 535. The smallest absolute Gasteiger partial charge is 0.328 e. The molecule has 7 nitrogen and oxygen atoms in total. The van der Waals surface area contributed by atoms with Gasteiger partial charge in [0.2, 0.25) is 0 Å². The Labute approximate surface area is 103 Å². The maximum absolute atomic E-state index is 11.7. The maximum Gasteiger partial charge on any atom is 0.328 e. The number of rotatable bonds is 3. The zero-order chi connectivity index (χ0) is 13.3. The van der Waals surface area contributed by atoms with Gasteiger partial charge < -0.3 is 14.9 Å². The predicted molar refractivity (Wildman–Crippen MR) is 62.5 cm³/mol. The van der Waals surface area contributed by atoms with Crippen molar-refractivity contribution in [3.05, 3.63) is 32.6 Å². The third-order valence-corrected chi connectivity index (χ3v) is 3.35. The van der Waals surface area contributed by atoms with Crippen LogP contribution in [0.1, 0.15) is 11.6 Å². The molecule has 1 saturated heterocycles. The monoisotopic (exact) mass is 256 g/mol. The molecular formula is C11H16N2O5. The molecule has 0 spiro atoms. The van der Waals surface area contributed by atoms with Crippen LogP contribution in [0.5, 0.6) is 0 Å². The van der Waals surface area contributed by atoms with E-state index in [0.29, 0.717) is 5.56 Å². The third-order valence-electron chi connectivity index (χ3n) is 3.35. The second-order valence-corrected chi connectivity index (χ2v) is 4.45. The summed E-state index contributed by atoms with van der Waals surface area (Å²) in [7, 11) is 0. The summed E-state index contributed by atoms with van der Waals surface area (Å²) < 4.78 is 6.69. The van der Waals surface area contributed by atoms with Crippen LogP contribution in [0.2, 0.25) is 0 Å². The highest BCUT2D eigenvalue weighted by molar-refractivity contribution is 5.03. The number of nitrogens with zero attached hydrogens (tertiary/aromatic N) is 1. The van der Waals surface area contributed by atoms with Crippen molar-refractivity contribution in [1.82, 2.24) is 9.55 Å². The van der Waals surface area contributed by atoms with Crippen LogP contribution < -0.4 is 11.2 Å². The Morgan fingerprint density at radius 3 is 2.78 bits per heavy atom. The third kappa shape index (κ3) is 2.12. The van der Waals surface area contributed by atoms with E-state index in [1.807, 2.05) is 0 Å². The van der Waals surface area contributed by atoms with Crippen molar-refractivity contribution in [1.29, 1.82) is 0 Å². The van der Waals surface area contributed by atoms with Gasteiger partial charge in [0.05, 0.1) is 32.0 Å². The lowest BCUT2D eigenvalue weighted by Crippen LogP contribution is -2.37. The number of hydrogen-bond acceptors (Lipinski definition) is 5. The minimum Gasteiger partial charge on any atom is -0.396 e. The minimum atomic E-state index is -0.531. The van der Waals surface area contributed by atoms with Crippen LogP contribution in [0, 0.1) is 12.8 Å². The summed E-state index contributed by atoms with van der Waals surface area (Å²) in [6.07, 6.45) is 0.969. The molecule has 0 saturated carbocycles. The van der Waals surface area contributed by atoms with Gasteiger partial charge in [0.25, 0.3) is 5.56 Å². The van der Waals surface area contributed by atoms with Crippen molar-refractivity contribution in [2.24, 2.45) is 5.92 Å². The fourth-order valence-corrected chi connectivity index (χ4v) is 2.26. The molecule has 3 N–H and O–H groups in total. The maximum atomic E-state index is 11.7. The fourth-order valence-electron chi connectivity index (χ4n) is 2.26. The molecule has 2 heterocycles. The molecular weight excluding hydrogens is 240 g/mol. The molecule has 1 fully saturated rings. The van der Waals surface area contributed by atoms with E-state index in [9.17, 15) is 14.7 Å². The van der Waals surface area contributed by atoms with Crippen LogP contribution >= 0.6 is 0 Å². The first-order valence-corrected chi connectivity index (χ1v) is 5.74. The summed E-state index contributed by atoms with van der Waals surface area (Å²) in [5.74, 6) is -0.363. The second kappa shape index (κ2) is 5.05. The second-order valence-electron chi connectivity index (χ2n) is 4.45. The van der Waals surface area contributed by atoms with Gasteiger partial charge in [0.1, 0.15) is 0 Å². The van der Waals surface area contributed by atoms with Gasteiger partial charge in [-0.2, -0.15) is 0 Å². The molecule has 0 bridgehead atoms. The van der Waals surface area contributed by atoms with E-state index in [0.717, 1.165) is 0 Å². The number of H-pyrrole nitrogens is 1. The molecule has 0 aliphatic carbocycles. The quantitative estimate of drug-likeness (QED) is 0.603. The Morgan fingerprint density at radius 1 is 1.44 bits per heavy atom. The van der Waals surface area contributed by atoms with Gasteiger partial charge in [0, 0.05) is 17.7 Å². The molecule has 0 amide bonds. The van der Waals surface area contributed by atoms with Crippen molar-refractivity contribution >= 4 is 0 Å². The molecule has 2 rings (SSSR count). The molecule has 0 aromatic carbocycles. The molecule has 1 aliphatic rings. The SMILES string of the molecule is Cc1cn(C2COC(CO)C2CO)c(=O)[nH]c1=O. The van der Waals surface area contributed by atoms with Crippen molar-refractivity contribution in [2.45, 2.75) is 19.1 Å². The first-order valence-electron chi connectivity index (χ1n) is 5.74. The number of aromatic amines is 1. The number of hydrogen-bond donors (Lipinski definition) is 3. The summed E-state index contributed by atoms with van der Waals surface area (Å²) in [6.45, 7) is 1.42. The molecule has 7 heteroatoms. The van der Waals surface area contributed by atoms with Crippen molar-refractivity contribution in [2.75, 3.05) is 19.8 Å². The molecule has 18 heavy (non-hydrogen) atoms. The zero-order valence-electron chi connectivity index (χ0n) is 10.00. The topological polar surface area (TPSA) is 105 Å². The van der Waals surface area contributed by atoms with Crippen molar-refractivity contribution < 1.29 is 14.9 Å². The lowest BCUT2D eigenvalue weighted by atomic mass is 9.98. The number of aliphatic hydroxyl groups excluding tert-OH is 2. The summed E-state index contributed by atoms with van der Waals surface area (Å²) >= 11 is 0. The average Bonchev–Trinajstić information content (AvgIpc) is 2.76. The van der Waals surface area contributed by atoms with Gasteiger partial charge in [-0.1, -0.05) is 0 Å². The highest BCUT2D eigenvalue weighted by Crippen LogP contribution is 2.29. The number of ether oxygens (including phenoxy) is 1. The van der Waals surface area contributed by atoms with E-state index in [-0.39, 0.29) is 31.8 Å². The Hall–Kier alpha value is -1.44. The van der Waals surface area contributed by atoms with Gasteiger partial charge in [0.15, 0.2) is 0 Å². The van der Waals surface area contributed by atoms with E-state index >= 15 is 0 Å². The van der Waals surface area contributed by atoms with Gasteiger partial charge >= 0.3 is 5.69 Å². The first kappa shape index (κ1) is 13.0. The minimum absolute atomic E-state index is 0.194. The largest absolute Gasteiger partial charge is 0.396 e. The van der Waals surface area contributed by atoms with E-state index < -0.39 is 17.4 Å². The number of aryl methyl sites for hydroxylation is 1. The number of nitrogens with one attached hydrogen (secondary N) is 1. The zero-order valence-corrected chi connectivity index (χ0v) is 10.00. The van der Waals surface area contributed by atoms with Gasteiger partial charge in [-0.15, -0.1) is 0 Å². The van der Waals surface area contributed by atoms with Crippen molar-refractivity contribution in [3.8, 4) is 0 Å².